The molecule has 1 unspecified atom stereocenters. The van der Waals surface area contributed by atoms with E-state index in [0.717, 1.165) is 67.2 Å². The molecule has 2 aromatic rings. The van der Waals surface area contributed by atoms with Gasteiger partial charge in [0.15, 0.2) is 0 Å². The summed E-state index contributed by atoms with van der Waals surface area (Å²) in [6.45, 7) is 19.0. The number of nitrogens with one attached hydrogen (secondary N) is 2. The number of nitrogens with zero attached hydrogens (tertiary/aromatic N) is 1. The molecule has 0 fully saturated rings. The summed E-state index contributed by atoms with van der Waals surface area (Å²) in [5, 5.41) is 6.52. The zero-order chi connectivity index (χ0) is 30.2. The Bertz CT molecular complexity index is 1210. The molecule has 2 aromatic carbocycles. The van der Waals surface area contributed by atoms with Crippen LogP contribution in [0, 0.1) is 12.8 Å². The fraction of sp³-hybridized carbons (Fsp3) is 0.444. The fourth-order valence-corrected chi connectivity index (χ4v) is 4.06. The lowest BCUT2D eigenvalue weighted by Gasteiger charge is -2.12. The van der Waals surface area contributed by atoms with E-state index in [0.29, 0.717) is 12.3 Å². The minimum absolute atomic E-state index is 0.0169. The van der Waals surface area contributed by atoms with Crippen LogP contribution in [0.4, 0.5) is 5.69 Å². The molecule has 0 saturated carbocycles. The molecule has 2 N–H and O–H groups in total. The largest absolute Gasteiger partial charge is 0.381 e. The number of aliphatic imine (C=N–C) groups is 1. The molecule has 0 spiro atoms. The number of benzene rings is 2. The highest BCUT2D eigenvalue weighted by atomic mass is 16.5. The third-order valence-electron chi connectivity index (χ3n) is 7.21. The van der Waals surface area contributed by atoms with Gasteiger partial charge in [0.25, 0.3) is 0 Å². The number of carbonyl (C=O) groups excluding carboxylic acids is 1. The molecule has 1 amide bonds. The molecule has 0 aliphatic carbocycles. The molecular formula is C36H51N3O2. The van der Waals surface area contributed by atoms with Gasteiger partial charge in [0.2, 0.25) is 5.91 Å². The molecule has 1 heterocycles. The van der Waals surface area contributed by atoms with E-state index in [-0.39, 0.29) is 5.91 Å². The maximum absolute atomic E-state index is 12.5. The van der Waals surface area contributed by atoms with Crippen molar-refractivity contribution in [3.05, 3.63) is 94.2 Å². The van der Waals surface area contributed by atoms with Crippen LogP contribution in [0.1, 0.15) is 90.8 Å². The van der Waals surface area contributed by atoms with Gasteiger partial charge < -0.3 is 15.4 Å². The number of rotatable bonds is 12. The summed E-state index contributed by atoms with van der Waals surface area (Å²) in [5.41, 5.74) is 8.83. The lowest BCUT2D eigenvalue weighted by Crippen LogP contribution is -2.18. The second kappa shape index (κ2) is 18.1. The minimum Gasteiger partial charge on any atom is -0.381 e. The summed E-state index contributed by atoms with van der Waals surface area (Å²) in [5.74, 6) is 1.37. The number of carbonyl (C=O) groups is 1. The number of hydrogen-bond acceptors (Lipinski definition) is 3. The summed E-state index contributed by atoms with van der Waals surface area (Å²) >= 11 is 0. The second-order valence-electron chi connectivity index (χ2n) is 10.8. The monoisotopic (exact) mass is 557 g/mol. The summed E-state index contributed by atoms with van der Waals surface area (Å²) in [4.78, 5) is 17.2. The molecule has 222 valence electrons. The van der Waals surface area contributed by atoms with Gasteiger partial charge in [-0.3, -0.25) is 4.79 Å². The quantitative estimate of drug-likeness (QED) is 0.256. The van der Waals surface area contributed by atoms with Crippen LogP contribution in [0.5, 0.6) is 0 Å². The normalized spacial score (nSPS) is 16.0. The maximum atomic E-state index is 12.5. The first kappa shape index (κ1) is 33.8. The van der Waals surface area contributed by atoms with Gasteiger partial charge in [-0.1, -0.05) is 87.7 Å². The molecule has 0 radical (unpaired) electrons. The number of aryl methyl sites for hydroxylation is 1. The highest BCUT2D eigenvalue weighted by Gasteiger charge is 2.21. The van der Waals surface area contributed by atoms with Crippen LogP contribution < -0.4 is 10.6 Å². The van der Waals surface area contributed by atoms with Crippen LogP contribution in [0.25, 0.3) is 5.70 Å². The Morgan fingerprint density at radius 2 is 1.61 bits per heavy atom. The third kappa shape index (κ3) is 11.5. The number of ether oxygens (including phenoxy) is 1. The average Bonchev–Trinajstić information content (AvgIpc) is 3.41. The molecule has 1 aliphatic rings. The first-order chi connectivity index (χ1) is 19.7. The first-order valence-electron chi connectivity index (χ1n) is 15.2. The first-order valence-corrected chi connectivity index (χ1v) is 15.2. The van der Waals surface area contributed by atoms with E-state index in [1.54, 1.807) is 0 Å². The lowest BCUT2D eigenvalue weighted by atomic mass is 9.94. The van der Waals surface area contributed by atoms with Gasteiger partial charge in [0.1, 0.15) is 5.84 Å². The Labute approximate surface area is 248 Å². The maximum Gasteiger partial charge on any atom is 0.228 e. The smallest absolute Gasteiger partial charge is 0.228 e. The van der Waals surface area contributed by atoms with Crippen LogP contribution in [0.15, 0.2) is 82.5 Å². The van der Waals surface area contributed by atoms with Crippen molar-refractivity contribution >= 4 is 23.1 Å². The van der Waals surface area contributed by atoms with E-state index < -0.39 is 0 Å². The molecule has 1 atom stereocenters. The van der Waals surface area contributed by atoms with Crippen LogP contribution in [-0.4, -0.2) is 25.0 Å². The number of amidine groups is 1. The van der Waals surface area contributed by atoms with E-state index in [1.807, 2.05) is 61.7 Å². The van der Waals surface area contributed by atoms with Crippen molar-refractivity contribution < 1.29 is 9.53 Å². The Kier molecular flexibility index (Phi) is 14.9. The predicted molar refractivity (Wildman–Crippen MR) is 176 cm³/mol. The van der Waals surface area contributed by atoms with Crippen molar-refractivity contribution in [2.75, 3.05) is 18.5 Å². The van der Waals surface area contributed by atoms with Crippen LogP contribution in [-0.2, 0) is 16.0 Å². The van der Waals surface area contributed by atoms with Gasteiger partial charge >= 0.3 is 0 Å². The molecule has 41 heavy (non-hydrogen) atoms. The molecule has 5 nitrogen and oxygen atoms in total. The zero-order valence-electron chi connectivity index (χ0n) is 26.6. The van der Waals surface area contributed by atoms with Gasteiger partial charge in [-0.15, -0.1) is 0 Å². The molecule has 0 bridgehead atoms. The lowest BCUT2D eigenvalue weighted by molar-refractivity contribution is -0.115. The van der Waals surface area contributed by atoms with E-state index in [2.05, 4.69) is 65.2 Å². The Balaban J connectivity index is 0.000000745. The van der Waals surface area contributed by atoms with E-state index in [1.165, 1.54) is 22.3 Å². The predicted octanol–water partition coefficient (Wildman–Crippen LogP) is 9.02. The second-order valence-corrected chi connectivity index (χ2v) is 10.8. The summed E-state index contributed by atoms with van der Waals surface area (Å²) in [6, 6.07) is 16.0. The summed E-state index contributed by atoms with van der Waals surface area (Å²) < 4.78 is 5.13. The van der Waals surface area contributed by atoms with Crippen molar-refractivity contribution in [3.63, 3.8) is 0 Å². The summed E-state index contributed by atoms with van der Waals surface area (Å²) in [7, 11) is 0. The molecule has 0 saturated heterocycles. The topological polar surface area (TPSA) is 62.7 Å². The minimum atomic E-state index is -0.0169. The SMILES string of the molecule is CCC(C)=CN=C1NC(c2ccc(NC(=O)Cc3ccc(C)cc3)cc2)=C/C1=C(/C)C(C)CC.CCCOCCC. The van der Waals surface area contributed by atoms with Gasteiger partial charge in [0, 0.05) is 36.4 Å². The van der Waals surface area contributed by atoms with Crippen molar-refractivity contribution in [1.82, 2.24) is 5.32 Å². The van der Waals surface area contributed by atoms with E-state index in [9.17, 15) is 4.79 Å². The number of anilines is 1. The Hall–Kier alpha value is -3.44. The zero-order valence-corrected chi connectivity index (χ0v) is 26.6. The molecular weight excluding hydrogens is 506 g/mol. The van der Waals surface area contributed by atoms with Crippen molar-refractivity contribution in [3.8, 4) is 0 Å². The molecule has 3 rings (SSSR count). The Morgan fingerprint density at radius 1 is 0.976 bits per heavy atom. The summed E-state index contributed by atoms with van der Waals surface area (Å²) in [6.07, 6.45) is 8.86. The van der Waals surface area contributed by atoms with Crippen molar-refractivity contribution in [1.29, 1.82) is 0 Å². The molecule has 5 heteroatoms. The number of allylic oxidation sites excluding steroid dienone is 2. The fourth-order valence-electron chi connectivity index (χ4n) is 4.06. The van der Waals surface area contributed by atoms with E-state index in [4.69, 9.17) is 9.73 Å². The van der Waals surface area contributed by atoms with Crippen LogP contribution in [0.2, 0.25) is 0 Å². The molecule has 0 aromatic heterocycles. The molecule has 1 aliphatic heterocycles. The van der Waals surface area contributed by atoms with Gasteiger partial charge in [-0.2, -0.15) is 0 Å². The Morgan fingerprint density at radius 3 is 2.17 bits per heavy atom. The third-order valence-corrected chi connectivity index (χ3v) is 7.21. The van der Waals surface area contributed by atoms with E-state index >= 15 is 0 Å². The highest BCUT2D eigenvalue weighted by molar-refractivity contribution is 6.12. The van der Waals surface area contributed by atoms with Crippen LogP contribution >= 0.6 is 0 Å². The van der Waals surface area contributed by atoms with Gasteiger partial charge in [-0.25, -0.2) is 4.99 Å². The average molecular weight is 558 g/mol. The van der Waals surface area contributed by atoms with Crippen molar-refractivity contribution in [2.24, 2.45) is 10.9 Å². The van der Waals surface area contributed by atoms with Crippen molar-refractivity contribution in [2.45, 2.75) is 87.5 Å². The van der Waals surface area contributed by atoms with Gasteiger partial charge in [0.05, 0.1) is 6.42 Å². The standard InChI is InChI=1S/C30H37N3O.C6H14O/c1-7-20(3)19-31-30-27(23(6)22(5)8-2)18-28(33-30)25-13-15-26(16-14-25)32-29(34)17-24-11-9-21(4)10-12-24;1-3-5-7-6-4-2/h9-16,18-19,22H,7-8,17H2,1-6H3,(H,31,33)(H,32,34);3-6H2,1-2H3/b20-19?,27-23+;. The highest BCUT2D eigenvalue weighted by Crippen LogP contribution is 2.28. The number of amides is 1. The van der Waals surface area contributed by atoms with Gasteiger partial charge in [-0.05, 0) is 81.7 Å². The van der Waals surface area contributed by atoms with Crippen LogP contribution in [0.3, 0.4) is 0 Å². The number of hydrogen-bond donors (Lipinski definition) is 2.